The lowest BCUT2D eigenvalue weighted by atomic mass is 9.96. The molecule has 0 atom stereocenters. The molecule has 0 radical (unpaired) electrons. The van der Waals surface area contributed by atoms with Crippen LogP contribution < -0.4 is 11.1 Å². The van der Waals surface area contributed by atoms with Crippen LogP contribution in [0.15, 0.2) is 6.07 Å². The summed E-state index contributed by atoms with van der Waals surface area (Å²) in [6, 6.07) is 2.13. The standard InChI is InChI=1S/C25H29N3O3S2/c1-31-25(30)19-15-10-6-2-3-8-12-18(15)32-24(19)28-22(29)21-20(26)16-13-14-9-5-4-7-11-17(14)27-23(16)33-21/h13H,2-12,26H2,1H3,(H,28,29). The maximum absolute atomic E-state index is 13.3. The average molecular weight is 484 g/mol. The van der Waals surface area contributed by atoms with E-state index in [2.05, 4.69) is 11.4 Å². The summed E-state index contributed by atoms with van der Waals surface area (Å²) in [5.74, 6) is -0.678. The van der Waals surface area contributed by atoms with Crippen molar-refractivity contribution in [2.24, 2.45) is 0 Å². The number of fused-ring (bicyclic) bond motifs is 3. The molecule has 33 heavy (non-hydrogen) atoms. The summed E-state index contributed by atoms with van der Waals surface area (Å²) >= 11 is 2.83. The molecule has 0 aliphatic heterocycles. The maximum atomic E-state index is 13.3. The number of pyridine rings is 1. The Morgan fingerprint density at radius 3 is 2.55 bits per heavy atom. The van der Waals surface area contributed by atoms with Crippen LogP contribution in [0.3, 0.4) is 0 Å². The van der Waals surface area contributed by atoms with E-state index in [1.54, 1.807) is 0 Å². The zero-order valence-electron chi connectivity index (χ0n) is 18.9. The molecule has 0 aromatic carbocycles. The van der Waals surface area contributed by atoms with Crippen molar-refractivity contribution in [3.63, 3.8) is 0 Å². The van der Waals surface area contributed by atoms with E-state index in [1.165, 1.54) is 53.1 Å². The lowest BCUT2D eigenvalue weighted by Crippen LogP contribution is -2.15. The van der Waals surface area contributed by atoms with E-state index in [0.717, 1.165) is 79.3 Å². The Balaban J connectivity index is 1.50. The summed E-state index contributed by atoms with van der Waals surface area (Å²) in [7, 11) is 1.39. The Labute approximate surface area is 201 Å². The van der Waals surface area contributed by atoms with Gasteiger partial charge in [0, 0.05) is 16.0 Å². The number of carbonyl (C=O) groups excluding carboxylic acids is 2. The molecule has 5 rings (SSSR count). The number of nitrogens with zero attached hydrogens (tertiary/aromatic N) is 1. The van der Waals surface area contributed by atoms with Crippen LogP contribution in [0.5, 0.6) is 0 Å². The Kier molecular flexibility index (Phi) is 6.38. The number of ether oxygens (including phenoxy) is 1. The number of esters is 1. The summed E-state index contributed by atoms with van der Waals surface area (Å²) in [5.41, 5.74) is 10.9. The molecule has 0 spiro atoms. The smallest absolute Gasteiger partial charge is 0.341 e. The Morgan fingerprint density at radius 2 is 1.73 bits per heavy atom. The second-order valence-corrected chi connectivity index (χ2v) is 11.0. The molecular formula is C25H29N3O3S2. The highest BCUT2D eigenvalue weighted by molar-refractivity contribution is 7.21. The van der Waals surface area contributed by atoms with Gasteiger partial charge in [-0.1, -0.05) is 19.3 Å². The van der Waals surface area contributed by atoms with Crippen molar-refractivity contribution in [1.29, 1.82) is 0 Å². The van der Waals surface area contributed by atoms with Crippen molar-refractivity contribution in [3.8, 4) is 0 Å². The van der Waals surface area contributed by atoms with Crippen molar-refractivity contribution in [2.75, 3.05) is 18.2 Å². The van der Waals surface area contributed by atoms with Gasteiger partial charge in [0.1, 0.15) is 14.7 Å². The van der Waals surface area contributed by atoms with Crippen LogP contribution >= 0.6 is 22.7 Å². The zero-order chi connectivity index (χ0) is 22.9. The summed E-state index contributed by atoms with van der Waals surface area (Å²) in [4.78, 5) is 33.3. The molecule has 6 nitrogen and oxygen atoms in total. The van der Waals surface area contributed by atoms with E-state index in [-0.39, 0.29) is 5.91 Å². The number of nitrogens with two attached hydrogens (primary N) is 1. The van der Waals surface area contributed by atoms with Crippen LogP contribution in [-0.4, -0.2) is 24.0 Å². The summed E-state index contributed by atoms with van der Waals surface area (Å²) < 4.78 is 5.08. The van der Waals surface area contributed by atoms with Gasteiger partial charge in [-0.2, -0.15) is 0 Å². The van der Waals surface area contributed by atoms with Gasteiger partial charge in [0.25, 0.3) is 5.91 Å². The third-order valence-electron chi connectivity index (χ3n) is 6.74. The molecule has 0 bridgehead atoms. The highest BCUT2D eigenvalue weighted by Crippen LogP contribution is 2.40. The number of anilines is 2. The Hall–Kier alpha value is -2.45. The number of hydrogen-bond acceptors (Lipinski definition) is 7. The first-order chi connectivity index (χ1) is 16.1. The van der Waals surface area contributed by atoms with Crippen LogP contribution in [0.4, 0.5) is 10.7 Å². The number of rotatable bonds is 3. The van der Waals surface area contributed by atoms with Crippen molar-refractivity contribution < 1.29 is 14.3 Å². The minimum Gasteiger partial charge on any atom is -0.465 e. The average Bonchev–Trinajstić information content (AvgIpc) is 3.17. The van der Waals surface area contributed by atoms with Crippen LogP contribution in [0.1, 0.15) is 86.7 Å². The molecule has 3 heterocycles. The molecule has 3 aromatic rings. The number of thiophene rings is 2. The van der Waals surface area contributed by atoms with Gasteiger partial charge in [0.15, 0.2) is 0 Å². The second-order valence-electron chi connectivity index (χ2n) is 8.92. The Bertz CT molecular complexity index is 1230. The number of methoxy groups -OCH3 is 1. The first kappa shape index (κ1) is 22.3. The van der Waals surface area contributed by atoms with Gasteiger partial charge in [-0.15, -0.1) is 22.7 Å². The molecule has 2 aliphatic rings. The fraction of sp³-hybridized carbons (Fsp3) is 0.480. The molecular weight excluding hydrogens is 454 g/mol. The highest BCUT2D eigenvalue weighted by atomic mass is 32.1. The fourth-order valence-electron chi connectivity index (χ4n) is 4.99. The molecule has 3 aromatic heterocycles. The van der Waals surface area contributed by atoms with Crippen molar-refractivity contribution in [3.05, 3.63) is 38.2 Å². The van der Waals surface area contributed by atoms with Crippen molar-refractivity contribution in [1.82, 2.24) is 4.98 Å². The largest absolute Gasteiger partial charge is 0.465 e. The molecule has 8 heteroatoms. The first-order valence-corrected chi connectivity index (χ1v) is 13.4. The molecule has 3 N–H and O–H groups in total. The van der Waals surface area contributed by atoms with Crippen LogP contribution in [0, 0.1) is 0 Å². The van der Waals surface area contributed by atoms with Crippen molar-refractivity contribution >= 4 is 55.5 Å². The maximum Gasteiger partial charge on any atom is 0.341 e. The van der Waals surface area contributed by atoms with Gasteiger partial charge in [-0.3, -0.25) is 4.79 Å². The van der Waals surface area contributed by atoms with E-state index in [9.17, 15) is 9.59 Å². The zero-order valence-corrected chi connectivity index (χ0v) is 20.6. The molecule has 2 aliphatic carbocycles. The molecule has 0 saturated carbocycles. The number of nitrogen functional groups attached to an aromatic ring is 1. The van der Waals surface area contributed by atoms with Crippen LogP contribution in [0.25, 0.3) is 10.2 Å². The molecule has 174 valence electrons. The summed E-state index contributed by atoms with van der Waals surface area (Å²) in [5, 5.41) is 4.43. The topological polar surface area (TPSA) is 94.3 Å². The normalized spacial score (nSPS) is 16.3. The van der Waals surface area contributed by atoms with Gasteiger partial charge in [-0.05, 0) is 68.6 Å². The van der Waals surface area contributed by atoms with Crippen LogP contribution in [0.2, 0.25) is 0 Å². The molecule has 0 saturated heterocycles. The van der Waals surface area contributed by atoms with Gasteiger partial charge in [-0.25, -0.2) is 9.78 Å². The number of carbonyl (C=O) groups is 2. The summed E-state index contributed by atoms with van der Waals surface area (Å²) in [6.07, 6.45) is 11.8. The lowest BCUT2D eigenvalue weighted by molar-refractivity contribution is 0.0601. The van der Waals surface area contributed by atoms with Gasteiger partial charge in [0.05, 0.1) is 18.4 Å². The third-order valence-corrected chi connectivity index (χ3v) is 9.06. The SMILES string of the molecule is COC(=O)c1c(NC(=O)c2sc3nc4c(cc3c2N)CCCCC4)sc2c1CCCCCC2. The lowest BCUT2D eigenvalue weighted by Gasteiger charge is -2.11. The number of hydrogen-bond donors (Lipinski definition) is 2. The van der Waals surface area contributed by atoms with Crippen molar-refractivity contribution in [2.45, 2.75) is 70.6 Å². The van der Waals surface area contributed by atoms with Gasteiger partial charge in [0.2, 0.25) is 0 Å². The minimum absolute atomic E-state index is 0.287. The predicted molar refractivity (Wildman–Crippen MR) is 135 cm³/mol. The Morgan fingerprint density at radius 1 is 1.00 bits per heavy atom. The number of aromatic nitrogens is 1. The second kappa shape index (κ2) is 9.43. The monoisotopic (exact) mass is 483 g/mol. The van der Waals surface area contributed by atoms with Gasteiger partial charge >= 0.3 is 5.97 Å². The van der Waals surface area contributed by atoms with E-state index < -0.39 is 5.97 Å². The third kappa shape index (κ3) is 4.26. The summed E-state index contributed by atoms with van der Waals surface area (Å²) in [6.45, 7) is 0. The highest BCUT2D eigenvalue weighted by Gasteiger charge is 2.27. The minimum atomic E-state index is -0.391. The van der Waals surface area contributed by atoms with E-state index >= 15 is 0 Å². The molecule has 0 fully saturated rings. The van der Waals surface area contributed by atoms with E-state index in [0.29, 0.717) is 21.1 Å². The van der Waals surface area contributed by atoms with Crippen LogP contribution in [-0.2, 0) is 30.4 Å². The first-order valence-electron chi connectivity index (χ1n) is 11.8. The molecule has 1 amide bonds. The number of amides is 1. The number of aryl methyl sites for hydroxylation is 3. The van der Waals surface area contributed by atoms with E-state index in [4.69, 9.17) is 15.5 Å². The number of nitrogens with one attached hydrogen (secondary N) is 1. The fourth-order valence-corrected chi connectivity index (χ4v) is 7.25. The van der Waals surface area contributed by atoms with Gasteiger partial charge < -0.3 is 15.8 Å². The van der Waals surface area contributed by atoms with E-state index in [1.807, 2.05) is 0 Å². The quantitative estimate of drug-likeness (QED) is 0.357. The molecule has 0 unspecified atom stereocenters. The predicted octanol–water partition coefficient (Wildman–Crippen LogP) is 5.91.